The zero-order valence-electron chi connectivity index (χ0n) is 9.08. The highest BCUT2D eigenvalue weighted by atomic mass is 16.4. The van der Waals surface area contributed by atoms with Gasteiger partial charge in [-0.25, -0.2) is 4.79 Å². The van der Waals surface area contributed by atoms with Crippen molar-refractivity contribution in [2.45, 2.75) is 0 Å². The van der Waals surface area contributed by atoms with Gasteiger partial charge in [-0.15, -0.1) is 0 Å². The van der Waals surface area contributed by atoms with E-state index in [-0.39, 0.29) is 22.6 Å². The SMILES string of the molecule is O=C(Nc1ccc(O)cc1C(=O)O)c1ccoc1. The Kier molecular flexibility index (Phi) is 3.01. The van der Waals surface area contributed by atoms with E-state index in [2.05, 4.69) is 5.32 Å². The van der Waals surface area contributed by atoms with E-state index >= 15 is 0 Å². The van der Waals surface area contributed by atoms with Crippen LogP contribution in [0, 0.1) is 0 Å². The first-order chi connectivity index (χ1) is 8.58. The predicted octanol–water partition coefficient (Wildman–Crippen LogP) is 1.94. The van der Waals surface area contributed by atoms with Crippen molar-refractivity contribution in [2.75, 3.05) is 5.32 Å². The molecule has 0 unspecified atom stereocenters. The van der Waals surface area contributed by atoms with E-state index in [4.69, 9.17) is 9.52 Å². The molecule has 18 heavy (non-hydrogen) atoms. The Hall–Kier alpha value is -2.76. The number of carboxylic acid groups (broad SMARTS) is 1. The third-order valence-corrected chi connectivity index (χ3v) is 2.27. The number of benzene rings is 1. The molecule has 0 aliphatic rings. The molecule has 0 spiro atoms. The fourth-order valence-corrected chi connectivity index (χ4v) is 1.41. The van der Waals surface area contributed by atoms with Gasteiger partial charge in [0.15, 0.2) is 0 Å². The van der Waals surface area contributed by atoms with Gasteiger partial charge in [-0.2, -0.15) is 0 Å². The van der Waals surface area contributed by atoms with Crippen molar-refractivity contribution in [3.63, 3.8) is 0 Å². The smallest absolute Gasteiger partial charge is 0.337 e. The number of phenols is 1. The van der Waals surface area contributed by atoms with Crippen LogP contribution < -0.4 is 5.32 Å². The molecule has 92 valence electrons. The normalized spacial score (nSPS) is 10.0. The second kappa shape index (κ2) is 4.62. The summed E-state index contributed by atoms with van der Waals surface area (Å²) in [5.74, 6) is -1.92. The summed E-state index contributed by atoms with van der Waals surface area (Å²) in [5, 5.41) is 20.6. The van der Waals surface area contributed by atoms with Gasteiger partial charge in [0.1, 0.15) is 12.0 Å². The van der Waals surface area contributed by atoms with Gasteiger partial charge < -0.3 is 19.9 Å². The van der Waals surface area contributed by atoms with E-state index in [1.807, 2.05) is 0 Å². The molecule has 2 aromatic rings. The molecule has 0 bridgehead atoms. The molecule has 6 nitrogen and oxygen atoms in total. The number of hydrogen-bond acceptors (Lipinski definition) is 4. The molecule has 0 saturated carbocycles. The number of carbonyl (C=O) groups is 2. The molecule has 6 heteroatoms. The van der Waals surface area contributed by atoms with Crippen LogP contribution in [-0.4, -0.2) is 22.1 Å². The van der Waals surface area contributed by atoms with E-state index in [0.717, 1.165) is 6.07 Å². The Morgan fingerprint density at radius 2 is 2.00 bits per heavy atom. The third-order valence-electron chi connectivity index (χ3n) is 2.27. The van der Waals surface area contributed by atoms with Crippen molar-refractivity contribution >= 4 is 17.6 Å². The van der Waals surface area contributed by atoms with Gasteiger partial charge in [0.2, 0.25) is 0 Å². The largest absolute Gasteiger partial charge is 0.508 e. The van der Waals surface area contributed by atoms with Crippen LogP contribution in [0.3, 0.4) is 0 Å². The zero-order chi connectivity index (χ0) is 13.1. The molecular formula is C12H9NO5. The Labute approximate surface area is 101 Å². The number of aromatic carboxylic acids is 1. The second-order valence-electron chi connectivity index (χ2n) is 3.50. The van der Waals surface area contributed by atoms with Crippen LogP contribution in [0.5, 0.6) is 5.75 Å². The van der Waals surface area contributed by atoms with Crippen LogP contribution in [0.2, 0.25) is 0 Å². The van der Waals surface area contributed by atoms with Crippen LogP contribution in [0.25, 0.3) is 0 Å². The summed E-state index contributed by atoms with van der Waals surface area (Å²) in [6, 6.07) is 5.12. The highest BCUT2D eigenvalue weighted by Crippen LogP contribution is 2.22. The topological polar surface area (TPSA) is 99.8 Å². The summed E-state index contributed by atoms with van der Waals surface area (Å²) in [7, 11) is 0. The molecule has 2 rings (SSSR count). The quantitative estimate of drug-likeness (QED) is 0.719. The van der Waals surface area contributed by atoms with Crippen LogP contribution in [0.4, 0.5) is 5.69 Å². The lowest BCUT2D eigenvalue weighted by Gasteiger charge is -2.07. The maximum absolute atomic E-state index is 11.7. The van der Waals surface area contributed by atoms with Crippen molar-refractivity contribution in [1.29, 1.82) is 0 Å². The molecule has 0 aliphatic carbocycles. The van der Waals surface area contributed by atoms with Crippen LogP contribution >= 0.6 is 0 Å². The van der Waals surface area contributed by atoms with Crippen LogP contribution in [-0.2, 0) is 0 Å². The van der Waals surface area contributed by atoms with E-state index in [9.17, 15) is 14.7 Å². The minimum Gasteiger partial charge on any atom is -0.508 e. The number of hydrogen-bond donors (Lipinski definition) is 3. The molecule has 0 aliphatic heterocycles. The lowest BCUT2D eigenvalue weighted by atomic mass is 10.1. The van der Waals surface area contributed by atoms with E-state index < -0.39 is 11.9 Å². The molecule has 1 heterocycles. The summed E-state index contributed by atoms with van der Waals surface area (Å²) >= 11 is 0. The molecule has 0 saturated heterocycles. The third kappa shape index (κ3) is 2.32. The number of anilines is 1. The van der Waals surface area contributed by atoms with Crippen molar-refractivity contribution in [1.82, 2.24) is 0 Å². The Morgan fingerprint density at radius 3 is 2.61 bits per heavy atom. The Bertz CT molecular complexity index is 589. The standard InChI is InChI=1S/C12H9NO5/c14-8-1-2-10(9(5-8)12(16)17)13-11(15)7-3-4-18-6-7/h1-6,14H,(H,13,15)(H,16,17). The summed E-state index contributed by atoms with van der Waals surface area (Å²) in [6.45, 7) is 0. The van der Waals surface area contributed by atoms with Crippen molar-refractivity contribution in [2.24, 2.45) is 0 Å². The number of carboxylic acids is 1. The van der Waals surface area contributed by atoms with E-state index in [1.54, 1.807) is 0 Å². The van der Waals surface area contributed by atoms with Crippen molar-refractivity contribution in [3.05, 3.63) is 47.9 Å². The maximum Gasteiger partial charge on any atom is 0.337 e. The first-order valence-corrected chi connectivity index (χ1v) is 4.98. The lowest BCUT2D eigenvalue weighted by molar-refractivity contribution is 0.0697. The molecule has 0 fully saturated rings. The molecule has 0 atom stereocenters. The monoisotopic (exact) mass is 247 g/mol. The van der Waals surface area contributed by atoms with Crippen molar-refractivity contribution < 1.29 is 24.2 Å². The van der Waals surface area contributed by atoms with Gasteiger partial charge in [0.25, 0.3) is 5.91 Å². The number of rotatable bonds is 3. The minimum absolute atomic E-state index is 0.103. The highest BCUT2D eigenvalue weighted by molar-refractivity contribution is 6.07. The molecule has 1 aromatic heterocycles. The molecule has 1 aromatic carbocycles. The van der Waals surface area contributed by atoms with Crippen LogP contribution in [0.1, 0.15) is 20.7 Å². The van der Waals surface area contributed by atoms with E-state index in [0.29, 0.717) is 0 Å². The van der Waals surface area contributed by atoms with E-state index in [1.165, 1.54) is 30.7 Å². The summed E-state index contributed by atoms with van der Waals surface area (Å²) in [6.07, 6.45) is 2.58. The lowest BCUT2D eigenvalue weighted by Crippen LogP contribution is -2.14. The van der Waals surface area contributed by atoms with Gasteiger partial charge in [-0.1, -0.05) is 0 Å². The van der Waals surface area contributed by atoms with Gasteiger partial charge in [0.05, 0.1) is 23.1 Å². The number of carbonyl (C=O) groups excluding carboxylic acids is 1. The maximum atomic E-state index is 11.7. The average Bonchev–Trinajstić information content (AvgIpc) is 2.84. The Balaban J connectivity index is 2.29. The zero-order valence-corrected chi connectivity index (χ0v) is 9.08. The fourth-order valence-electron chi connectivity index (χ4n) is 1.41. The first kappa shape index (κ1) is 11.7. The average molecular weight is 247 g/mol. The number of phenolic OH excluding ortho intramolecular Hbond substituents is 1. The Morgan fingerprint density at radius 1 is 1.22 bits per heavy atom. The first-order valence-electron chi connectivity index (χ1n) is 4.98. The molecule has 3 N–H and O–H groups in total. The minimum atomic E-state index is -1.24. The molecule has 0 radical (unpaired) electrons. The second-order valence-corrected chi connectivity index (χ2v) is 3.50. The predicted molar refractivity (Wildman–Crippen MR) is 61.7 cm³/mol. The van der Waals surface area contributed by atoms with Gasteiger partial charge >= 0.3 is 5.97 Å². The fraction of sp³-hybridized carbons (Fsp3) is 0. The number of nitrogens with one attached hydrogen (secondary N) is 1. The van der Waals surface area contributed by atoms with Crippen molar-refractivity contribution in [3.8, 4) is 5.75 Å². The molecule has 1 amide bonds. The van der Waals surface area contributed by atoms with Gasteiger partial charge in [-0.3, -0.25) is 4.79 Å². The van der Waals surface area contributed by atoms with Crippen LogP contribution in [0.15, 0.2) is 41.2 Å². The molecular weight excluding hydrogens is 238 g/mol. The number of furan rings is 1. The van der Waals surface area contributed by atoms with Gasteiger partial charge in [-0.05, 0) is 24.3 Å². The highest BCUT2D eigenvalue weighted by Gasteiger charge is 2.14. The number of amides is 1. The summed E-state index contributed by atoms with van der Waals surface area (Å²) < 4.78 is 4.75. The summed E-state index contributed by atoms with van der Waals surface area (Å²) in [5.41, 5.74) is 0.192. The number of aromatic hydroxyl groups is 1. The van der Waals surface area contributed by atoms with Gasteiger partial charge in [0, 0.05) is 0 Å². The summed E-state index contributed by atoms with van der Waals surface area (Å²) in [4.78, 5) is 22.7.